The van der Waals surface area contributed by atoms with E-state index in [0.29, 0.717) is 0 Å². The molecule has 0 aliphatic carbocycles. The van der Waals surface area contributed by atoms with Crippen LogP contribution in [0.4, 0.5) is 0 Å². The molecule has 0 aliphatic rings. The summed E-state index contributed by atoms with van der Waals surface area (Å²) in [5.41, 5.74) is 27.0. The Hall–Kier alpha value is -0.610. The zero-order valence-electron chi connectivity index (χ0n) is 41.5. The van der Waals surface area contributed by atoms with Gasteiger partial charge in [0.2, 0.25) is 30.1 Å². The highest BCUT2D eigenvalue weighted by Gasteiger charge is 2.03. The fourth-order valence-corrected chi connectivity index (χ4v) is 0.447. The van der Waals surface area contributed by atoms with Gasteiger partial charge in [-0.25, -0.2) is 52.7 Å². The van der Waals surface area contributed by atoms with E-state index in [-0.39, 0.29) is 92.7 Å². The van der Waals surface area contributed by atoms with Crippen LogP contribution in [0.2, 0.25) is 0 Å². The number of carbonyl (C=O) groups excluding carboxylic acids is 1. The summed E-state index contributed by atoms with van der Waals surface area (Å²) in [4.78, 5) is 13.8. The van der Waals surface area contributed by atoms with Crippen LogP contribution in [0.15, 0.2) is 0 Å². The summed E-state index contributed by atoms with van der Waals surface area (Å²) in [5.74, 6) is 0.167. The number of sulfonamides is 3. The highest BCUT2D eigenvalue weighted by atomic mass is 32.2. The van der Waals surface area contributed by atoms with Crippen molar-refractivity contribution >= 4 is 84.9 Å². The minimum absolute atomic E-state index is 0. The lowest BCUT2D eigenvalue weighted by atomic mass is 10.6. The Bertz CT molecular complexity index is 1360. The average molecular weight is 1250 g/mol. The molecular formula is C36H130N9O19PS7. The molecule has 0 amide bonds. The van der Waals surface area contributed by atoms with Crippen LogP contribution in [0.1, 0.15) is 88.1 Å². The van der Waals surface area contributed by atoms with Crippen molar-refractivity contribution < 1.29 is 82.6 Å². The number of hydrogen-bond donors (Lipinski definition) is 9. The van der Waals surface area contributed by atoms with E-state index in [1.165, 1.54) is 77.3 Å². The van der Waals surface area contributed by atoms with Gasteiger partial charge in [-0.05, 0) is 83.6 Å². The molecule has 72 heavy (non-hydrogen) atoms. The first-order valence-electron chi connectivity index (χ1n) is 15.5. The van der Waals surface area contributed by atoms with Crippen LogP contribution in [0.3, 0.4) is 0 Å². The molecule has 0 aromatic rings. The molecule has 0 radical (unpaired) electrons. The molecule has 0 bridgehead atoms. The lowest BCUT2D eigenvalue weighted by molar-refractivity contribution is -0.168. The van der Waals surface area contributed by atoms with Gasteiger partial charge < -0.3 is 39.2 Å². The topological polar surface area (TPSA) is 480 Å². The molecule has 0 heterocycles. The van der Waals surface area contributed by atoms with Gasteiger partial charge in [-0.2, -0.15) is 16.8 Å². The van der Waals surface area contributed by atoms with Crippen molar-refractivity contribution in [2.45, 2.75) is 88.1 Å². The molecule has 0 unspecified atom stereocenters. The Morgan fingerprint density at radius 2 is 0.583 bits per heavy atom. The predicted octanol–water partition coefficient (Wildman–Crippen LogP) is 2.06. The van der Waals surface area contributed by atoms with Crippen molar-refractivity contribution in [1.82, 2.24) is 13.9 Å². The van der Waals surface area contributed by atoms with Gasteiger partial charge in [-0.3, -0.25) is 17.8 Å². The Morgan fingerprint density at radius 1 is 0.500 bits per heavy atom. The van der Waals surface area contributed by atoms with Crippen molar-refractivity contribution in [3.63, 3.8) is 0 Å². The maximum absolute atomic E-state index is 10.0. The maximum atomic E-state index is 10.0. The molecule has 0 atom stereocenters. The van der Waals surface area contributed by atoms with Crippen molar-refractivity contribution in [2.75, 3.05) is 154 Å². The monoisotopic (exact) mass is 1250 g/mol. The van der Waals surface area contributed by atoms with Gasteiger partial charge in [0.1, 0.15) is 15.6 Å². The summed E-state index contributed by atoms with van der Waals surface area (Å²) in [6.07, 6.45) is 10.7. The summed E-state index contributed by atoms with van der Waals surface area (Å²) < 4.78 is 144. The zero-order chi connectivity index (χ0) is 55.6. The van der Waals surface area contributed by atoms with Crippen molar-refractivity contribution in [3.05, 3.63) is 0 Å². The third-order valence-corrected chi connectivity index (χ3v) is 6.15. The normalized spacial score (nSPS) is 8.10. The fraction of sp³-hybridized carbons (Fsp3) is 0.972. The second-order valence-corrected chi connectivity index (χ2v) is 23.7. The summed E-state index contributed by atoms with van der Waals surface area (Å²) >= 11 is 0. The van der Waals surface area contributed by atoms with E-state index in [4.69, 9.17) is 5.21 Å². The lowest BCUT2D eigenvalue weighted by Gasteiger charge is -2.00. The number of hydrogen-bond acceptors (Lipinski definition) is 25. The molecule has 0 saturated heterocycles. The molecule has 28 nitrogen and oxygen atoms in total. The predicted molar refractivity (Wildman–Crippen MR) is 328 cm³/mol. The van der Waals surface area contributed by atoms with Crippen molar-refractivity contribution in [2.24, 2.45) is 34.4 Å². The van der Waals surface area contributed by atoms with Crippen LogP contribution in [0.25, 0.3) is 0 Å². The van der Waals surface area contributed by atoms with Crippen LogP contribution < -0.4 is 43.8 Å². The molecule has 0 aromatic carbocycles. The Kier molecular flexibility index (Phi) is 271. The highest BCUT2D eigenvalue weighted by molar-refractivity contribution is 7.90. The van der Waals surface area contributed by atoms with Gasteiger partial charge in [0.25, 0.3) is 20.2 Å². The van der Waals surface area contributed by atoms with Crippen LogP contribution in [0, 0.1) is 0 Å². The average Bonchev–Trinajstić information content (AvgIpc) is 3.12. The number of nitrogens with zero attached hydrogens (tertiary/aromatic N) is 1. The van der Waals surface area contributed by atoms with Crippen LogP contribution in [-0.2, 0) is 93.7 Å². The van der Waals surface area contributed by atoms with Gasteiger partial charge >= 0.3 is 0 Å². The smallest absolute Gasteiger partial charge is 0.264 e. The second-order valence-electron chi connectivity index (χ2n) is 8.74. The Balaban J connectivity index is -0.0000000144. The number of ketones is 1. The number of nitrogens with two attached hydrogens (primary N) is 6. The molecule has 15 N–H and O–H groups in total. The number of hydroxylamine groups is 1. The van der Waals surface area contributed by atoms with Crippen LogP contribution in [-0.4, -0.2) is 225 Å². The van der Waals surface area contributed by atoms with E-state index < -0.39 is 70.9 Å². The third kappa shape index (κ3) is 781. The molecule has 0 rings (SSSR count). The van der Waals surface area contributed by atoms with E-state index in [1.54, 1.807) is 12.5 Å². The first-order valence-corrected chi connectivity index (χ1v) is 31.2. The molecule has 0 fully saturated rings. The van der Waals surface area contributed by atoms with Gasteiger partial charge in [-0.15, -0.1) is 0 Å². The zero-order valence-corrected chi connectivity index (χ0v) is 48.1. The molecule has 36 heteroatoms. The number of rotatable bonds is 7. The lowest BCUT2D eigenvalue weighted by Crippen LogP contribution is -2.20. The molecule has 480 valence electrons. The standard InChI is InChI=1S/C3H9O2P.C3H6O.C2H7NO3S.2C2H7NO2S.2C2H6O3S.C2H6O2S.C2H6OS.6CH5N.10CH4/c1-4-5-6(2)3;1-3(2)4;1-3(4)7(2,5)6;2*1-3-6(2,4)5;2*1-5-6(2,3)4;1-5(2,3)4;1-4(2)3;6*1-2;;;;;;;;;;/h1-3H3;1-2H3;4H,1-2H3;2*3H,1-2H3;2*1-2H3;1-2H3;1-2H3;6*2H2,1H3;10*1H4. The maximum Gasteiger partial charge on any atom is 0.264 e. The van der Waals surface area contributed by atoms with Gasteiger partial charge in [0.15, 0.2) is 0 Å². The second kappa shape index (κ2) is 119. The number of sulfone groups is 1. The summed E-state index contributed by atoms with van der Waals surface area (Å²) in [6.45, 7) is 7.00. The van der Waals surface area contributed by atoms with Crippen molar-refractivity contribution in [3.8, 4) is 0 Å². The fourth-order valence-electron chi connectivity index (χ4n) is 0.149. The first-order chi connectivity index (χ1) is 27.4. The number of nitrogens with one attached hydrogen (secondary N) is 2. The van der Waals surface area contributed by atoms with Gasteiger partial charge in [0, 0.05) is 42.9 Å². The molecule has 0 aliphatic heterocycles. The van der Waals surface area contributed by atoms with E-state index in [0.717, 1.165) is 65.1 Å². The minimum Gasteiger partial charge on any atom is -0.333 e. The van der Waals surface area contributed by atoms with E-state index >= 15 is 0 Å². The minimum atomic E-state index is -3.35. The SMILES string of the molecule is C.C.C.C.C.C.C.C.C.C.CC(C)=O.CN.CN.CN.CN.CN.CN.CN(O)S(C)(=O)=O.CNS(C)(=O)=O.CNS(C)(=O)=O.COOP(C)C.COS(C)(=O)=O.COS(C)(=O)=O.CS(C)(=O)=O.CS(C)=O. The van der Waals surface area contributed by atoms with Crippen LogP contribution in [0.5, 0.6) is 0 Å². The third-order valence-electron chi connectivity index (χ3n) is 2.05. The Labute approximate surface area is 455 Å². The largest absolute Gasteiger partial charge is 0.333 e. The van der Waals surface area contributed by atoms with E-state index in [2.05, 4.69) is 61.8 Å². The molecule has 0 saturated carbocycles. The van der Waals surface area contributed by atoms with E-state index in [1.807, 2.05) is 13.3 Å². The molecule has 0 spiro atoms. The molecular weight excluding hydrogens is 1120 g/mol. The van der Waals surface area contributed by atoms with Gasteiger partial charge in [-0.1, -0.05) is 78.7 Å². The summed E-state index contributed by atoms with van der Waals surface area (Å²) in [6, 6.07) is 0. The highest BCUT2D eigenvalue weighted by Crippen LogP contribution is 2.24. The summed E-state index contributed by atoms with van der Waals surface area (Å²) in [7, 11) is -2.55. The molecule has 0 aromatic heterocycles. The quantitative estimate of drug-likeness (QED) is 0.0762. The Morgan fingerprint density at radius 3 is 0.583 bits per heavy atom. The van der Waals surface area contributed by atoms with Gasteiger partial charge in [0.05, 0.1) is 60.8 Å². The first kappa shape index (κ1) is 164. The number of Topliss-reactive ketones (excluding diaryl/α,β-unsaturated/α-hetero) is 1. The van der Waals surface area contributed by atoms with Crippen LogP contribution >= 0.6 is 8.15 Å². The number of carbonyl (C=O) groups is 1. The van der Waals surface area contributed by atoms with E-state index in [9.17, 15) is 59.5 Å². The summed E-state index contributed by atoms with van der Waals surface area (Å²) in [5, 5.41) is 8.13. The van der Waals surface area contributed by atoms with Crippen molar-refractivity contribution in [1.29, 1.82) is 0 Å².